The van der Waals surface area contributed by atoms with Crippen LogP contribution in [0.1, 0.15) is 32.6 Å². The van der Waals surface area contributed by atoms with E-state index in [1.807, 2.05) is 6.92 Å². The lowest BCUT2D eigenvalue weighted by atomic mass is 10.00. The van der Waals surface area contributed by atoms with Crippen LogP contribution in [-0.4, -0.2) is 18.8 Å². The minimum absolute atomic E-state index is 0.152. The molecule has 0 spiro atoms. The quantitative estimate of drug-likeness (QED) is 0.625. The minimum Gasteiger partial charge on any atom is -0.311 e. The van der Waals surface area contributed by atoms with E-state index in [-0.39, 0.29) is 6.04 Å². The lowest BCUT2D eigenvalue weighted by molar-refractivity contribution is 0.212. The second-order valence-electron chi connectivity index (χ2n) is 2.98. The average Bonchev–Trinajstić information content (AvgIpc) is 2.05. The molecule has 0 aromatic rings. The van der Waals surface area contributed by atoms with Crippen molar-refractivity contribution in [2.75, 3.05) is 6.54 Å². The molecule has 60 valence electrons. The third kappa shape index (κ3) is 1.94. The Morgan fingerprint density at radius 2 is 2.40 bits per heavy atom. The SMILES string of the molecule is CC[C@@H](F)[C@@H]1CCCCN1. The van der Waals surface area contributed by atoms with Crippen LogP contribution < -0.4 is 5.32 Å². The highest BCUT2D eigenvalue weighted by molar-refractivity contribution is 4.78. The largest absolute Gasteiger partial charge is 0.311 e. The summed E-state index contributed by atoms with van der Waals surface area (Å²) in [6.07, 6.45) is 3.46. The Bertz CT molecular complexity index is 89.3. The minimum atomic E-state index is -0.625. The van der Waals surface area contributed by atoms with Crippen LogP contribution in [0.25, 0.3) is 0 Å². The number of hydrogen-bond donors (Lipinski definition) is 1. The van der Waals surface area contributed by atoms with Crippen LogP contribution in [0.5, 0.6) is 0 Å². The smallest absolute Gasteiger partial charge is 0.115 e. The van der Waals surface area contributed by atoms with Gasteiger partial charge in [0.2, 0.25) is 0 Å². The summed E-state index contributed by atoms with van der Waals surface area (Å²) in [6, 6.07) is 0.152. The number of rotatable bonds is 2. The number of nitrogens with one attached hydrogen (secondary N) is 1. The fraction of sp³-hybridized carbons (Fsp3) is 1.00. The fourth-order valence-corrected chi connectivity index (χ4v) is 1.47. The molecule has 0 radical (unpaired) electrons. The van der Waals surface area contributed by atoms with Crippen LogP contribution >= 0.6 is 0 Å². The molecular weight excluding hydrogens is 129 g/mol. The van der Waals surface area contributed by atoms with E-state index in [2.05, 4.69) is 5.32 Å². The first-order chi connectivity index (χ1) is 4.84. The topological polar surface area (TPSA) is 12.0 Å². The highest BCUT2D eigenvalue weighted by atomic mass is 19.1. The molecule has 1 heterocycles. The highest BCUT2D eigenvalue weighted by Gasteiger charge is 2.20. The molecular formula is C8H16FN. The van der Waals surface area contributed by atoms with Gasteiger partial charge in [-0.05, 0) is 25.8 Å². The molecule has 1 aliphatic rings. The number of hydrogen-bond acceptors (Lipinski definition) is 1. The summed E-state index contributed by atoms with van der Waals surface area (Å²) in [6.45, 7) is 2.91. The molecule has 1 N–H and O–H groups in total. The van der Waals surface area contributed by atoms with Crippen LogP contribution in [0.2, 0.25) is 0 Å². The zero-order valence-corrected chi connectivity index (χ0v) is 6.57. The fourth-order valence-electron chi connectivity index (χ4n) is 1.47. The van der Waals surface area contributed by atoms with Crippen molar-refractivity contribution in [2.45, 2.75) is 44.8 Å². The summed E-state index contributed by atoms with van der Waals surface area (Å²) < 4.78 is 13.0. The van der Waals surface area contributed by atoms with Gasteiger partial charge in [0.15, 0.2) is 0 Å². The van der Waals surface area contributed by atoms with Gasteiger partial charge in [-0.25, -0.2) is 4.39 Å². The summed E-state index contributed by atoms with van der Waals surface area (Å²) in [7, 11) is 0. The Kier molecular flexibility index (Phi) is 3.13. The maximum Gasteiger partial charge on any atom is 0.115 e. The van der Waals surface area contributed by atoms with Crippen LogP contribution in [-0.2, 0) is 0 Å². The molecule has 1 rings (SSSR count). The van der Waals surface area contributed by atoms with Gasteiger partial charge in [-0.3, -0.25) is 0 Å². The lowest BCUT2D eigenvalue weighted by Crippen LogP contribution is -2.40. The van der Waals surface area contributed by atoms with Gasteiger partial charge in [-0.15, -0.1) is 0 Å². The monoisotopic (exact) mass is 145 g/mol. The van der Waals surface area contributed by atoms with Gasteiger partial charge in [0.1, 0.15) is 6.17 Å². The molecule has 10 heavy (non-hydrogen) atoms. The molecule has 0 amide bonds. The van der Waals surface area contributed by atoms with Crippen LogP contribution in [0.3, 0.4) is 0 Å². The number of piperidine rings is 1. The molecule has 1 nitrogen and oxygen atoms in total. The molecule has 0 unspecified atom stereocenters. The van der Waals surface area contributed by atoms with E-state index < -0.39 is 6.17 Å². The van der Waals surface area contributed by atoms with E-state index in [0.29, 0.717) is 6.42 Å². The van der Waals surface area contributed by atoms with Crippen molar-refractivity contribution < 1.29 is 4.39 Å². The molecule has 1 aliphatic heterocycles. The van der Waals surface area contributed by atoms with E-state index in [1.165, 1.54) is 12.8 Å². The molecule has 0 bridgehead atoms. The summed E-state index contributed by atoms with van der Waals surface area (Å²) >= 11 is 0. The first kappa shape index (κ1) is 7.99. The number of halogens is 1. The molecule has 0 saturated carbocycles. The maximum absolute atomic E-state index is 13.0. The third-order valence-corrected chi connectivity index (χ3v) is 2.18. The van der Waals surface area contributed by atoms with Gasteiger partial charge < -0.3 is 5.32 Å². The van der Waals surface area contributed by atoms with Crippen molar-refractivity contribution in [3.05, 3.63) is 0 Å². The van der Waals surface area contributed by atoms with Gasteiger partial charge in [0.25, 0.3) is 0 Å². The van der Waals surface area contributed by atoms with Crippen molar-refractivity contribution in [3.8, 4) is 0 Å². The van der Waals surface area contributed by atoms with E-state index in [1.54, 1.807) is 0 Å². The molecule has 0 aliphatic carbocycles. The second-order valence-corrected chi connectivity index (χ2v) is 2.98. The van der Waals surface area contributed by atoms with E-state index in [9.17, 15) is 4.39 Å². The normalized spacial score (nSPS) is 30.0. The Morgan fingerprint density at radius 3 is 2.90 bits per heavy atom. The summed E-state index contributed by atoms with van der Waals surface area (Å²) in [5.74, 6) is 0. The van der Waals surface area contributed by atoms with Gasteiger partial charge in [-0.2, -0.15) is 0 Å². The van der Waals surface area contributed by atoms with E-state index in [0.717, 1.165) is 13.0 Å². The van der Waals surface area contributed by atoms with Gasteiger partial charge in [0, 0.05) is 6.04 Å². The average molecular weight is 145 g/mol. The lowest BCUT2D eigenvalue weighted by Gasteiger charge is -2.25. The molecule has 1 saturated heterocycles. The van der Waals surface area contributed by atoms with E-state index >= 15 is 0 Å². The van der Waals surface area contributed by atoms with Crippen molar-refractivity contribution >= 4 is 0 Å². The zero-order chi connectivity index (χ0) is 7.40. The highest BCUT2D eigenvalue weighted by Crippen LogP contribution is 2.14. The van der Waals surface area contributed by atoms with Gasteiger partial charge in [-0.1, -0.05) is 13.3 Å². The molecule has 0 aromatic heterocycles. The van der Waals surface area contributed by atoms with Crippen molar-refractivity contribution in [1.82, 2.24) is 5.32 Å². The van der Waals surface area contributed by atoms with Gasteiger partial charge in [0.05, 0.1) is 0 Å². The second kappa shape index (κ2) is 3.91. The van der Waals surface area contributed by atoms with Crippen LogP contribution in [0, 0.1) is 0 Å². The Morgan fingerprint density at radius 1 is 1.60 bits per heavy atom. The van der Waals surface area contributed by atoms with Crippen molar-refractivity contribution in [2.24, 2.45) is 0 Å². The van der Waals surface area contributed by atoms with Crippen LogP contribution in [0.4, 0.5) is 4.39 Å². The predicted molar refractivity (Wildman–Crippen MR) is 40.8 cm³/mol. The Hall–Kier alpha value is -0.110. The molecule has 0 aromatic carbocycles. The molecule has 1 fully saturated rings. The van der Waals surface area contributed by atoms with Crippen molar-refractivity contribution in [3.63, 3.8) is 0 Å². The standard InChI is InChI=1S/C8H16FN/c1-2-7(9)8-5-3-4-6-10-8/h7-8,10H,2-6H2,1H3/t7-,8+/m1/s1. The molecule has 2 atom stereocenters. The summed E-state index contributed by atoms with van der Waals surface area (Å²) in [5, 5.41) is 3.19. The Balaban J connectivity index is 2.24. The first-order valence-corrected chi connectivity index (χ1v) is 4.22. The third-order valence-electron chi connectivity index (χ3n) is 2.18. The number of alkyl halides is 1. The van der Waals surface area contributed by atoms with E-state index in [4.69, 9.17) is 0 Å². The summed E-state index contributed by atoms with van der Waals surface area (Å²) in [5.41, 5.74) is 0. The Labute approximate surface area is 62.0 Å². The molecule has 2 heteroatoms. The maximum atomic E-state index is 13.0. The first-order valence-electron chi connectivity index (χ1n) is 4.22. The zero-order valence-electron chi connectivity index (χ0n) is 6.57. The van der Waals surface area contributed by atoms with Crippen molar-refractivity contribution in [1.29, 1.82) is 0 Å². The predicted octanol–water partition coefficient (Wildman–Crippen LogP) is 1.88. The van der Waals surface area contributed by atoms with Crippen LogP contribution in [0.15, 0.2) is 0 Å². The summed E-state index contributed by atoms with van der Waals surface area (Å²) in [4.78, 5) is 0. The van der Waals surface area contributed by atoms with Gasteiger partial charge >= 0.3 is 0 Å².